The molecule has 7 nitrogen and oxygen atoms in total. The molecular weight excluding hydrogens is 322 g/mol. The van der Waals surface area contributed by atoms with Gasteiger partial charge in [0.1, 0.15) is 11.5 Å². The summed E-state index contributed by atoms with van der Waals surface area (Å²) in [6.07, 6.45) is 0.195. The Balaban J connectivity index is 1.75. The molecule has 1 heterocycles. The highest BCUT2D eigenvalue weighted by atomic mass is 16.5. The zero-order valence-corrected chi connectivity index (χ0v) is 15.0. The Hall–Kier alpha value is -2.83. The Bertz CT molecular complexity index is 755. The second kappa shape index (κ2) is 8.32. The molecule has 0 radical (unpaired) electrons. The number of nitrogens with zero attached hydrogens (tertiary/aromatic N) is 2. The summed E-state index contributed by atoms with van der Waals surface area (Å²) >= 11 is 0. The van der Waals surface area contributed by atoms with Crippen molar-refractivity contribution in [3.05, 3.63) is 41.2 Å². The van der Waals surface area contributed by atoms with Crippen molar-refractivity contribution in [2.75, 3.05) is 25.5 Å². The fraction of sp³-hybridized carbons (Fsp3) is 0.389. The van der Waals surface area contributed by atoms with E-state index in [9.17, 15) is 9.59 Å². The molecule has 0 aliphatic heterocycles. The highest BCUT2D eigenvalue weighted by Gasteiger charge is 2.14. The van der Waals surface area contributed by atoms with Crippen LogP contribution in [0.15, 0.2) is 28.8 Å². The van der Waals surface area contributed by atoms with Crippen molar-refractivity contribution in [3.63, 3.8) is 0 Å². The maximum Gasteiger partial charge on any atom is 0.245 e. The predicted molar refractivity (Wildman–Crippen MR) is 93.5 cm³/mol. The minimum absolute atomic E-state index is 0.0612. The minimum atomic E-state index is -0.334. The summed E-state index contributed by atoms with van der Waals surface area (Å²) in [4.78, 5) is 25.3. The minimum Gasteiger partial charge on any atom is -0.493 e. The van der Waals surface area contributed by atoms with Gasteiger partial charge in [0.15, 0.2) is 5.82 Å². The Kier molecular flexibility index (Phi) is 6.16. The molecule has 1 aromatic carbocycles. The van der Waals surface area contributed by atoms with Crippen LogP contribution in [0.2, 0.25) is 0 Å². The molecule has 0 fully saturated rings. The normalized spacial score (nSPS) is 10.4. The zero-order valence-electron chi connectivity index (χ0n) is 15.0. The second-order valence-electron chi connectivity index (χ2n) is 5.99. The maximum absolute atomic E-state index is 12.1. The number of ether oxygens (including phenoxy) is 1. The van der Waals surface area contributed by atoms with Crippen LogP contribution in [0.5, 0.6) is 5.75 Å². The van der Waals surface area contributed by atoms with Crippen LogP contribution >= 0.6 is 0 Å². The number of anilines is 1. The van der Waals surface area contributed by atoms with Gasteiger partial charge >= 0.3 is 0 Å². The summed E-state index contributed by atoms with van der Waals surface area (Å²) in [5, 5.41) is 6.25. The Labute approximate surface area is 146 Å². The number of carbonyl (C=O) groups is 2. The predicted octanol–water partition coefficient (Wildman–Crippen LogP) is 2.47. The number of likely N-dealkylation sites (N-methyl/N-ethyl adjacent to an activating group) is 1. The highest BCUT2D eigenvalue weighted by Crippen LogP contribution is 2.18. The lowest BCUT2D eigenvalue weighted by atomic mass is 10.1. The molecule has 0 atom stereocenters. The number of amides is 2. The maximum atomic E-state index is 12.1. The summed E-state index contributed by atoms with van der Waals surface area (Å²) in [6.45, 7) is 5.91. The molecule has 2 amide bonds. The van der Waals surface area contributed by atoms with Gasteiger partial charge in [0.05, 0.1) is 19.6 Å². The molecule has 2 aromatic rings. The first-order valence-electron chi connectivity index (χ1n) is 8.02. The number of benzene rings is 1. The van der Waals surface area contributed by atoms with Gasteiger partial charge in [-0.1, -0.05) is 22.9 Å². The van der Waals surface area contributed by atoms with Gasteiger partial charge in [0.25, 0.3) is 0 Å². The van der Waals surface area contributed by atoms with Crippen molar-refractivity contribution in [1.29, 1.82) is 0 Å². The number of aromatic nitrogens is 1. The third kappa shape index (κ3) is 5.63. The van der Waals surface area contributed by atoms with Crippen molar-refractivity contribution in [3.8, 4) is 5.75 Å². The van der Waals surface area contributed by atoms with E-state index in [1.807, 2.05) is 32.0 Å². The first kappa shape index (κ1) is 18.5. The lowest BCUT2D eigenvalue weighted by Gasteiger charge is -2.17. The molecule has 7 heteroatoms. The van der Waals surface area contributed by atoms with E-state index in [2.05, 4.69) is 10.5 Å². The highest BCUT2D eigenvalue weighted by molar-refractivity contribution is 5.93. The molecule has 0 bridgehead atoms. The van der Waals surface area contributed by atoms with Crippen LogP contribution in [0.4, 0.5) is 5.82 Å². The van der Waals surface area contributed by atoms with E-state index in [1.165, 1.54) is 4.90 Å². The van der Waals surface area contributed by atoms with E-state index >= 15 is 0 Å². The number of rotatable bonds is 7. The average Bonchev–Trinajstić information content (AvgIpc) is 2.94. The van der Waals surface area contributed by atoms with E-state index in [0.717, 1.165) is 16.9 Å². The molecule has 0 saturated carbocycles. The molecule has 0 aliphatic carbocycles. The van der Waals surface area contributed by atoms with Crippen molar-refractivity contribution >= 4 is 17.6 Å². The Morgan fingerprint density at radius 1 is 1.24 bits per heavy atom. The van der Waals surface area contributed by atoms with Crippen molar-refractivity contribution < 1.29 is 18.8 Å². The van der Waals surface area contributed by atoms with Crippen LogP contribution in [-0.2, 0) is 9.59 Å². The van der Waals surface area contributed by atoms with Crippen molar-refractivity contribution in [2.24, 2.45) is 0 Å². The summed E-state index contributed by atoms with van der Waals surface area (Å²) < 4.78 is 10.5. The summed E-state index contributed by atoms with van der Waals surface area (Å²) in [7, 11) is 1.58. The van der Waals surface area contributed by atoms with E-state index in [0.29, 0.717) is 11.6 Å². The first-order chi connectivity index (χ1) is 11.8. The molecule has 0 unspecified atom stereocenters. The van der Waals surface area contributed by atoms with E-state index < -0.39 is 0 Å². The molecule has 1 N–H and O–H groups in total. The molecule has 0 saturated heterocycles. The van der Waals surface area contributed by atoms with Gasteiger partial charge in [0, 0.05) is 13.1 Å². The zero-order chi connectivity index (χ0) is 18.4. The van der Waals surface area contributed by atoms with Crippen LogP contribution < -0.4 is 10.1 Å². The summed E-state index contributed by atoms with van der Waals surface area (Å²) in [5.41, 5.74) is 2.19. The topological polar surface area (TPSA) is 84.7 Å². The van der Waals surface area contributed by atoms with Crippen LogP contribution in [-0.4, -0.2) is 42.1 Å². The molecule has 2 rings (SSSR count). The largest absolute Gasteiger partial charge is 0.493 e. The van der Waals surface area contributed by atoms with Gasteiger partial charge < -0.3 is 19.5 Å². The number of hydrogen-bond donors (Lipinski definition) is 1. The molecule has 0 spiro atoms. The Morgan fingerprint density at radius 2 is 2.00 bits per heavy atom. The van der Waals surface area contributed by atoms with Gasteiger partial charge in [0.2, 0.25) is 11.8 Å². The number of hydrogen-bond acceptors (Lipinski definition) is 5. The quantitative estimate of drug-likeness (QED) is 0.833. The molecular formula is C18H23N3O4. The fourth-order valence-electron chi connectivity index (χ4n) is 2.31. The summed E-state index contributed by atoms with van der Waals surface area (Å²) in [6, 6.07) is 7.50. The van der Waals surface area contributed by atoms with Crippen molar-refractivity contribution in [1.82, 2.24) is 10.1 Å². The molecule has 25 heavy (non-hydrogen) atoms. The standard InChI is InChI=1S/C18H23N3O4/c1-12-5-6-15(13(2)9-12)24-8-7-18(23)21(4)11-17(22)19-16-10-14(3)25-20-16/h5-6,9-10H,7-8,11H2,1-4H3,(H,19,20,22). The number of carbonyl (C=O) groups excluding carboxylic acids is 2. The third-order valence-electron chi connectivity index (χ3n) is 3.61. The average molecular weight is 345 g/mol. The monoisotopic (exact) mass is 345 g/mol. The van der Waals surface area contributed by atoms with E-state index in [4.69, 9.17) is 9.26 Å². The second-order valence-corrected chi connectivity index (χ2v) is 5.99. The molecule has 1 aromatic heterocycles. The number of aryl methyl sites for hydroxylation is 3. The van der Waals surface area contributed by atoms with Crippen molar-refractivity contribution in [2.45, 2.75) is 27.2 Å². The fourth-order valence-corrected chi connectivity index (χ4v) is 2.31. The number of nitrogens with one attached hydrogen (secondary N) is 1. The molecule has 0 aliphatic rings. The Morgan fingerprint density at radius 3 is 2.64 bits per heavy atom. The molecule has 134 valence electrons. The van der Waals surface area contributed by atoms with Crippen LogP contribution in [0, 0.1) is 20.8 Å². The third-order valence-corrected chi connectivity index (χ3v) is 3.61. The van der Waals surface area contributed by atoms with Crippen LogP contribution in [0.1, 0.15) is 23.3 Å². The van der Waals surface area contributed by atoms with Gasteiger partial charge in [-0.15, -0.1) is 0 Å². The first-order valence-corrected chi connectivity index (χ1v) is 8.02. The lowest BCUT2D eigenvalue weighted by Crippen LogP contribution is -2.35. The van der Waals surface area contributed by atoms with Gasteiger partial charge in [-0.3, -0.25) is 9.59 Å². The van der Waals surface area contributed by atoms with Crippen LogP contribution in [0.25, 0.3) is 0 Å². The SMILES string of the molecule is Cc1ccc(OCCC(=O)N(C)CC(=O)Nc2cc(C)on2)c(C)c1. The van der Waals surface area contributed by atoms with Gasteiger partial charge in [-0.25, -0.2) is 0 Å². The smallest absolute Gasteiger partial charge is 0.245 e. The van der Waals surface area contributed by atoms with E-state index in [-0.39, 0.29) is 31.4 Å². The van der Waals surface area contributed by atoms with E-state index in [1.54, 1.807) is 20.0 Å². The van der Waals surface area contributed by atoms with Crippen LogP contribution in [0.3, 0.4) is 0 Å². The van der Waals surface area contributed by atoms with Gasteiger partial charge in [-0.2, -0.15) is 0 Å². The summed E-state index contributed by atoms with van der Waals surface area (Å²) in [5.74, 6) is 1.20. The lowest BCUT2D eigenvalue weighted by molar-refractivity contribution is -0.133. The van der Waals surface area contributed by atoms with Gasteiger partial charge in [-0.05, 0) is 32.4 Å².